The number of nitrogens with one attached hydrogen (secondary N) is 1. The molecule has 0 radical (unpaired) electrons. The molecule has 2 fully saturated rings. The molecule has 2 aliphatic rings. The third-order valence-electron chi connectivity index (χ3n) is 5.73. The van der Waals surface area contributed by atoms with Crippen LogP contribution in [0, 0.1) is 5.92 Å². The summed E-state index contributed by atoms with van der Waals surface area (Å²) in [4.78, 5) is 29.2. The Morgan fingerprint density at radius 3 is 3.04 bits per heavy atom. The van der Waals surface area contributed by atoms with E-state index in [9.17, 15) is 9.59 Å². The predicted octanol–water partition coefficient (Wildman–Crippen LogP) is 2.11. The second-order valence-corrected chi connectivity index (χ2v) is 7.27. The molecule has 4 rings (SSSR count). The van der Waals surface area contributed by atoms with Crippen LogP contribution in [0.25, 0.3) is 11.0 Å². The van der Waals surface area contributed by atoms with Crippen LogP contribution in [-0.4, -0.2) is 60.9 Å². The Hall–Kier alpha value is -2.34. The lowest BCUT2D eigenvalue weighted by molar-refractivity contribution is -0.140. The summed E-state index contributed by atoms with van der Waals surface area (Å²) in [6.45, 7) is 2.99. The van der Waals surface area contributed by atoms with Gasteiger partial charge in [0, 0.05) is 49.6 Å². The van der Waals surface area contributed by atoms with Gasteiger partial charge in [0.15, 0.2) is 0 Å². The van der Waals surface area contributed by atoms with E-state index in [1.165, 1.54) is 0 Å². The third-order valence-corrected chi connectivity index (χ3v) is 5.73. The minimum absolute atomic E-state index is 0.0743. The predicted molar refractivity (Wildman–Crippen MR) is 98.9 cm³/mol. The molecule has 2 aliphatic heterocycles. The zero-order chi connectivity index (χ0) is 18.1. The fourth-order valence-electron chi connectivity index (χ4n) is 4.34. The van der Waals surface area contributed by atoms with E-state index in [0.29, 0.717) is 24.4 Å². The molecular formula is C20H25N3O3. The summed E-state index contributed by atoms with van der Waals surface area (Å²) >= 11 is 0. The maximum atomic E-state index is 13.0. The molecule has 1 aromatic carbocycles. The minimum Gasteiger partial charge on any atom is -0.464 e. The van der Waals surface area contributed by atoms with Crippen LogP contribution in [-0.2, 0) is 4.79 Å². The summed E-state index contributed by atoms with van der Waals surface area (Å²) in [5.74, 6) is 0.705. The molecule has 26 heavy (non-hydrogen) atoms. The minimum atomic E-state index is 0.0743. The summed E-state index contributed by atoms with van der Waals surface area (Å²) in [6, 6.07) is 7.74. The highest BCUT2D eigenvalue weighted by Crippen LogP contribution is 2.32. The van der Waals surface area contributed by atoms with Crippen molar-refractivity contribution in [2.75, 3.05) is 33.2 Å². The number of likely N-dealkylation sites (tertiary alicyclic amines) is 2. The molecule has 2 aromatic rings. The quantitative estimate of drug-likeness (QED) is 0.912. The molecule has 2 atom stereocenters. The zero-order valence-electron chi connectivity index (χ0n) is 15.1. The Morgan fingerprint density at radius 1 is 1.31 bits per heavy atom. The normalized spacial score (nSPS) is 23.3. The average Bonchev–Trinajstić information content (AvgIpc) is 3.14. The number of carbonyl (C=O) groups excluding carboxylic acids is 2. The zero-order valence-corrected chi connectivity index (χ0v) is 15.1. The number of hydrogen-bond acceptors (Lipinski definition) is 4. The molecule has 0 aliphatic carbocycles. The highest BCUT2D eigenvalue weighted by atomic mass is 16.3. The van der Waals surface area contributed by atoms with E-state index in [0.717, 1.165) is 43.4 Å². The lowest BCUT2D eigenvalue weighted by Crippen LogP contribution is -2.57. The van der Waals surface area contributed by atoms with Crippen LogP contribution in [0.1, 0.15) is 29.6 Å². The molecule has 0 bridgehead atoms. The van der Waals surface area contributed by atoms with Crippen molar-refractivity contribution in [3.63, 3.8) is 0 Å². The van der Waals surface area contributed by atoms with Crippen LogP contribution >= 0.6 is 0 Å². The third kappa shape index (κ3) is 3.09. The van der Waals surface area contributed by atoms with Crippen LogP contribution in [0.5, 0.6) is 0 Å². The van der Waals surface area contributed by atoms with Gasteiger partial charge in [-0.05, 0) is 50.1 Å². The van der Waals surface area contributed by atoms with E-state index in [-0.39, 0.29) is 17.9 Å². The topological polar surface area (TPSA) is 65.8 Å². The van der Waals surface area contributed by atoms with Gasteiger partial charge in [0.25, 0.3) is 5.91 Å². The first kappa shape index (κ1) is 17.1. The molecule has 2 saturated heterocycles. The van der Waals surface area contributed by atoms with E-state index in [4.69, 9.17) is 4.42 Å². The molecule has 1 N–H and O–H groups in total. The SMILES string of the molecule is CNCCN1C(=O)CC[C@H]2CN(C(=O)c3ccc4occc4c3)CC[C@H]21. The second-order valence-electron chi connectivity index (χ2n) is 7.27. The van der Waals surface area contributed by atoms with Gasteiger partial charge >= 0.3 is 0 Å². The first-order valence-electron chi connectivity index (χ1n) is 9.38. The maximum absolute atomic E-state index is 13.0. The van der Waals surface area contributed by atoms with Crippen LogP contribution in [0.2, 0.25) is 0 Å². The fraction of sp³-hybridized carbons (Fsp3) is 0.500. The van der Waals surface area contributed by atoms with E-state index in [1.807, 2.05) is 41.1 Å². The number of piperidine rings is 2. The van der Waals surface area contributed by atoms with Crippen molar-refractivity contribution in [1.82, 2.24) is 15.1 Å². The second kappa shape index (κ2) is 7.11. The molecule has 0 unspecified atom stereocenters. The molecule has 6 nitrogen and oxygen atoms in total. The summed E-state index contributed by atoms with van der Waals surface area (Å²) < 4.78 is 5.36. The first-order chi connectivity index (χ1) is 12.7. The van der Waals surface area contributed by atoms with Gasteiger partial charge in [-0.3, -0.25) is 9.59 Å². The van der Waals surface area contributed by atoms with Gasteiger partial charge in [0.05, 0.1) is 6.26 Å². The fourth-order valence-corrected chi connectivity index (χ4v) is 4.34. The number of benzene rings is 1. The van der Waals surface area contributed by atoms with Gasteiger partial charge in [0.2, 0.25) is 5.91 Å². The van der Waals surface area contributed by atoms with Gasteiger partial charge in [0.1, 0.15) is 5.58 Å². The number of carbonyl (C=O) groups is 2. The summed E-state index contributed by atoms with van der Waals surface area (Å²) in [7, 11) is 1.91. The summed E-state index contributed by atoms with van der Waals surface area (Å²) in [5, 5.41) is 4.08. The summed E-state index contributed by atoms with van der Waals surface area (Å²) in [5.41, 5.74) is 1.50. The lowest BCUT2D eigenvalue weighted by atomic mass is 9.83. The van der Waals surface area contributed by atoms with Crippen LogP contribution in [0.4, 0.5) is 0 Å². The maximum Gasteiger partial charge on any atom is 0.253 e. The standard InChI is InChI=1S/C20H25N3O3/c1-21-8-10-23-17-6-9-22(13-16(17)3-5-19(23)24)20(25)15-2-4-18-14(12-15)7-11-26-18/h2,4,7,11-12,16-17,21H,3,5-6,8-10,13H2,1H3/t16-,17+/m0/s1. The van der Waals surface area contributed by atoms with Crippen LogP contribution < -0.4 is 5.32 Å². The largest absolute Gasteiger partial charge is 0.464 e. The van der Waals surface area contributed by atoms with E-state index in [1.54, 1.807) is 6.26 Å². The lowest BCUT2D eigenvalue weighted by Gasteiger charge is -2.47. The van der Waals surface area contributed by atoms with E-state index in [2.05, 4.69) is 5.32 Å². The molecule has 3 heterocycles. The number of rotatable bonds is 4. The molecule has 1 aromatic heterocycles. The van der Waals surface area contributed by atoms with Crippen molar-refractivity contribution < 1.29 is 14.0 Å². The Kier molecular flexibility index (Phi) is 4.68. The summed E-state index contributed by atoms with van der Waals surface area (Å²) in [6.07, 6.45) is 3.97. The van der Waals surface area contributed by atoms with Crippen molar-refractivity contribution >= 4 is 22.8 Å². The molecule has 0 saturated carbocycles. The van der Waals surface area contributed by atoms with Gasteiger partial charge in [-0.1, -0.05) is 0 Å². The van der Waals surface area contributed by atoms with Gasteiger partial charge < -0.3 is 19.5 Å². The van der Waals surface area contributed by atoms with E-state index >= 15 is 0 Å². The smallest absolute Gasteiger partial charge is 0.253 e. The highest BCUT2D eigenvalue weighted by molar-refractivity contribution is 5.97. The Bertz CT molecular complexity index is 815. The molecule has 0 spiro atoms. The number of likely N-dealkylation sites (N-methyl/N-ethyl adjacent to an activating group) is 1. The Labute approximate surface area is 153 Å². The van der Waals surface area contributed by atoms with Crippen LogP contribution in [0.3, 0.4) is 0 Å². The molecule has 2 amide bonds. The van der Waals surface area contributed by atoms with Crippen molar-refractivity contribution in [2.45, 2.75) is 25.3 Å². The number of furan rings is 1. The van der Waals surface area contributed by atoms with Gasteiger partial charge in [-0.2, -0.15) is 0 Å². The van der Waals surface area contributed by atoms with Crippen molar-refractivity contribution in [1.29, 1.82) is 0 Å². The Morgan fingerprint density at radius 2 is 2.19 bits per heavy atom. The van der Waals surface area contributed by atoms with Gasteiger partial charge in [-0.25, -0.2) is 0 Å². The van der Waals surface area contributed by atoms with Crippen molar-refractivity contribution in [3.05, 3.63) is 36.1 Å². The van der Waals surface area contributed by atoms with Crippen molar-refractivity contribution in [3.8, 4) is 0 Å². The average molecular weight is 355 g/mol. The molecule has 6 heteroatoms. The number of amides is 2. The highest BCUT2D eigenvalue weighted by Gasteiger charge is 2.40. The van der Waals surface area contributed by atoms with Crippen LogP contribution in [0.15, 0.2) is 34.9 Å². The first-order valence-corrected chi connectivity index (χ1v) is 9.38. The molecule has 138 valence electrons. The number of hydrogen-bond donors (Lipinski definition) is 1. The Balaban J connectivity index is 1.47. The van der Waals surface area contributed by atoms with Crippen molar-refractivity contribution in [2.24, 2.45) is 5.92 Å². The van der Waals surface area contributed by atoms with E-state index < -0.39 is 0 Å². The molecular weight excluding hydrogens is 330 g/mol. The monoisotopic (exact) mass is 355 g/mol. The number of nitrogens with zero attached hydrogens (tertiary/aromatic N) is 2. The van der Waals surface area contributed by atoms with Gasteiger partial charge in [-0.15, -0.1) is 0 Å². The number of fused-ring (bicyclic) bond motifs is 2.